The number of pyridine rings is 1. The Hall–Kier alpha value is -2.63. The van der Waals surface area contributed by atoms with E-state index in [-0.39, 0.29) is 17.4 Å². The van der Waals surface area contributed by atoms with Gasteiger partial charge in [-0.1, -0.05) is 43.1 Å². The highest BCUT2D eigenvalue weighted by Gasteiger charge is 2.52. The van der Waals surface area contributed by atoms with Crippen LogP contribution in [0.25, 0.3) is 0 Å². The number of nitrogens with one attached hydrogen (secondary N) is 1. The number of rotatable bonds is 10. The topological polar surface area (TPSA) is 165 Å². The smallest absolute Gasteiger partial charge is 0.357 e. The predicted molar refractivity (Wildman–Crippen MR) is 156 cm³/mol. The lowest BCUT2D eigenvalue weighted by molar-refractivity contribution is -0.157. The third-order valence-corrected chi connectivity index (χ3v) is 7.96. The fraction of sp³-hybridized carbons (Fsp3) is 0.519. The lowest BCUT2D eigenvalue weighted by Crippen LogP contribution is -2.49. The van der Waals surface area contributed by atoms with Crippen LogP contribution < -0.4 is 10.1 Å². The van der Waals surface area contributed by atoms with Gasteiger partial charge in [0.15, 0.2) is 34.0 Å². The van der Waals surface area contributed by atoms with Gasteiger partial charge in [-0.3, -0.25) is 14.2 Å². The molecule has 1 aromatic carbocycles. The molecule has 0 radical (unpaired) electrons. The van der Waals surface area contributed by atoms with Crippen molar-refractivity contribution in [2.45, 2.75) is 66.6 Å². The monoisotopic (exact) mass is 652 g/mol. The van der Waals surface area contributed by atoms with Crippen molar-refractivity contribution in [3.05, 3.63) is 39.8 Å². The maximum absolute atomic E-state index is 15.6. The highest BCUT2D eigenvalue weighted by molar-refractivity contribution is 7.53. The number of ether oxygens (including phenoxy) is 3. The van der Waals surface area contributed by atoms with Gasteiger partial charge in [-0.05, 0) is 65.2 Å². The first-order valence-corrected chi connectivity index (χ1v) is 15.1. The summed E-state index contributed by atoms with van der Waals surface area (Å²) in [4.78, 5) is 49.6. The summed E-state index contributed by atoms with van der Waals surface area (Å²) in [5, 5.41) is 8.61. The molecule has 0 spiro atoms. The van der Waals surface area contributed by atoms with Gasteiger partial charge in [-0.2, -0.15) is 0 Å². The van der Waals surface area contributed by atoms with Crippen LogP contribution >= 0.6 is 30.8 Å². The van der Waals surface area contributed by atoms with Crippen molar-refractivity contribution >= 4 is 48.6 Å². The number of aromatic hydroxyl groups is 1. The molecule has 0 unspecified atom stereocenters. The Labute approximate surface area is 253 Å². The molecule has 2 rings (SSSR count). The molecule has 1 heterocycles. The van der Waals surface area contributed by atoms with Crippen LogP contribution in [-0.4, -0.2) is 50.3 Å². The molecule has 11 nitrogen and oxygen atoms in total. The summed E-state index contributed by atoms with van der Waals surface area (Å²) in [5.41, 5.74) is -1.35. The summed E-state index contributed by atoms with van der Waals surface area (Å²) in [7, 11) is -5.45. The summed E-state index contributed by atoms with van der Waals surface area (Å²) < 4.78 is 44.3. The number of benzene rings is 1. The van der Waals surface area contributed by atoms with Crippen molar-refractivity contribution < 1.29 is 47.6 Å². The normalized spacial score (nSPS) is 12.7. The number of nitrogens with zero attached hydrogens (tertiary/aromatic N) is 1. The molecule has 0 aliphatic carbocycles. The standard InChI is InChI=1S/C27H36Cl2FN2O9P/c1-14(2)15-9-10-17(16(33)11-15)41-20-18(28)19(30)22(31-21(20)29)32-27(42(36,37)38,12-39-23(34)25(3,4)5)13-40-24(35)26(6,7)8/h9-11,14,33H,12-13H2,1-8H3,(H,31,32)(H2,36,37,38). The Morgan fingerprint density at radius 2 is 1.52 bits per heavy atom. The van der Waals surface area contributed by atoms with Crippen LogP contribution in [0.4, 0.5) is 10.2 Å². The van der Waals surface area contributed by atoms with Crippen LogP contribution in [-0.2, 0) is 23.6 Å². The first kappa shape index (κ1) is 35.6. The average molecular weight is 653 g/mol. The van der Waals surface area contributed by atoms with Gasteiger partial charge in [0.2, 0.25) is 5.28 Å². The summed E-state index contributed by atoms with van der Waals surface area (Å²) in [6, 6.07) is 4.55. The summed E-state index contributed by atoms with van der Waals surface area (Å²) in [6.45, 7) is 10.8. The average Bonchev–Trinajstić information content (AvgIpc) is 2.84. The Kier molecular flexibility index (Phi) is 11.0. The van der Waals surface area contributed by atoms with Gasteiger partial charge in [-0.25, -0.2) is 9.37 Å². The van der Waals surface area contributed by atoms with Gasteiger partial charge in [0.05, 0.1) is 10.8 Å². The van der Waals surface area contributed by atoms with Crippen molar-refractivity contribution in [1.29, 1.82) is 0 Å². The Morgan fingerprint density at radius 3 is 1.93 bits per heavy atom. The zero-order chi connectivity index (χ0) is 32.4. The fourth-order valence-corrected chi connectivity index (χ4v) is 4.33. The molecule has 1 aromatic heterocycles. The van der Waals surface area contributed by atoms with Gasteiger partial charge >= 0.3 is 19.5 Å². The molecule has 0 aliphatic heterocycles. The number of carbonyl (C=O) groups is 2. The number of carbonyl (C=O) groups excluding carboxylic acids is 2. The molecule has 0 saturated heterocycles. The van der Waals surface area contributed by atoms with E-state index in [4.69, 9.17) is 37.4 Å². The number of anilines is 1. The molecular weight excluding hydrogens is 617 g/mol. The van der Waals surface area contributed by atoms with Gasteiger partial charge in [0.1, 0.15) is 18.2 Å². The minimum Gasteiger partial charge on any atom is -0.504 e. The van der Waals surface area contributed by atoms with Crippen LogP contribution in [0.5, 0.6) is 17.2 Å². The molecule has 0 saturated carbocycles. The van der Waals surface area contributed by atoms with E-state index < -0.39 is 76.4 Å². The molecule has 42 heavy (non-hydrogen) atoms. The number of phenols is 1. The van der Waals surface area contributed by atoms with E-state index in [9.17, 15) is 29.0 Å². The van der Waals surface area contributed by atoms with Crippen LogP contribution in [0.2, 0.25) is 10.2 Å². The summed E-state index contributed by atoms with van der Waals surface area (Å²) in [5.74, 6) is -4.69. The summed E-state index contributed by atoms with van der Waals surface area (Å²) in [6.07, 6.45) is 0. The zero-order valence-electron chi connectivity index (χ0n) is 24.5. The molecule has 0 bridgehead atoms. The molecule has 0 atom stereocenters. The maximum Gasteiger partial charge on any atom is 0.357 e. The number of aromatic nitrogens is 1. The third-order valence-electron chi connectivity index (χ3n) is 5.88. The lowest BCUT2D eigenvalue weighted by atomic mass is 9.97. The number of esters is 2. The second-order valence-corrected chi connectivity index (χ2v) is 14.7. The Morgan fingerprint density at radius 1 is 1.02 bits per heavy atom. The number of hydrogen-bond donors (Lipinski definition) is 4. The molecular formula is C27H36Cl2FN2O9P. The van der Waals surface area contributed by atoms with Crippen molar-refractivity contribution in [3.63, 3.8) is 0 Å². The van der Waals surface area contributed by atoms with Gasteiger partial charge in [-0.15, -0.1) is 0 Å². The zero-order valence-corrected chi connectivity index (χ0v) is 26.9. The van der Waals surface area contributed by atoms with Gasteiger partial charge in [0, 0.05) is 0 Å². The maximum atomic E-state index is 15.6. The van der Waals surface area contributed by atoms with Crippen LogP contribution in [0.3, 0.4) is 0 Å². The minimum atomic E-state index is -5.45. The van der Waals surface area contributed by atoms with Gasteiger partial charge in [0.25, 0.3) is 0 Å². The van der Waals surface area contributed by atoms with E-state index in [0.717, 1.165) is 5.56 Å². The second kappa shape index (κ2) is 12.9. The quantitative estimate of drug-likeness (QED) is 0.124. The Bertz CT molecular complexity index is 1360. The SMILES string of the molecule is CC(C)c1ccc(Oc2c(Cl)nc(NC(COC(=O)C(C)(C)C)(COC(=O)C(C)(C)C)P(=O)(O)O)c(F)c2Cl)c(O)c1. The van der Waals surface area contributed by atoms with Crippen molar-refractivity contribution in [2.24, 2.45) is 10.8 Å². The largest absolute Gasteiger partial charge is 0.504 e. The van der Waals surface area contributed by atoms with E-state index in [1.165, 1.54) is 53.7 Å². The van der Waals surface area contributed by atoms with E-state index in [2.05, 4.69) is 10.3 Å². The van der Waals surface area contributed by atoms with Crippen molar-refractivity contribution in [1.82, 2.24) is 4.98 Å². The minimum absolute atomic E-state index is 0.0984. The predicted octanol–water partition coefficient (Wildman–Crippen LogP) is 6.61. The fourth-order valence-electron chi connectivity index (χ4n) is 3.13. The molecule has 0 fully saturated rings. The molecule has 0 amide bonds. The number of phenolic OH excluding ortho intramolecular Hbond substituents is 1. The van der Waals surface area contributed by atoms with E-state index in [1.807, 2.05) is 13.8 Å². The lowest BCUT2D eigenvalue weighted by Gasteiger charge is -2.35. The van der Waals surface area contributed by atoms with E-state index >= 15 is 4.39 Å². The molecule has 4 N–H and O–H groups in total. The molecule has 234 valence electrons. The highest BCUT2D eigenvalue weighted by atomic mass is 35.5. The van der Waals surface area contributed by atoms with Crippen LogP contribution in [0, 0.1) is 16.6 Å². The van der Waals surface area contributed by atoms with Crippen LogP contribution in [0.1, 0.15) is 66.9 Å². The van der Waals surface area contributed by atoms with Crippen molar-refractivity contribution in [3.8, 4) is 17.2 Å². The van der Waals surface area contributed by atoms with E-state index in [1.54, 1.807) is 6.07 Å². The third kappa shape index (κ3) is 8.48. The second-order valence-electron chi connectivity index (χ2n) is 12.0. The highest BCUT2D eigenvalue weighted by Crippen LogP contribution is 2.52. The van der Waals surface area contributed by atoms with E-state index in [0.29, 0.717) is 0 Å². The first-order chi connectivity index (χ1) is 19.0. The number of halogens is 3. The first-order valence-electron chi connectivity index (χ1n) is 12.7. The molecule has 2 aromatic rings. The summed E-state index contributed by atoms with van der Waals surface area (Å²) >= 11 is 12.4. The number of hydrogen-bond acceptors (Lipinski definition) is 9. The van der Waals surface area contributed by atoms with Crippen LogP contribution in [0.15, 0.2) is 18.2 Å². The van der Waals surface area contributed by atoms with Crippen molar-refractivity contribution in [2.75, 3.05) is 18.5 Å². The van der Waals surface area contributed by atoms with Gasteiger partial charge < -0.3 is 34.4 Å². The molecule has 15 heteroatoms. The Balaban J connectivity index is 2.58. The molecule has 0 aliphatic rings.